The second-order valence-corrected chi connectivity index (χ2v) is 11.9. The number of hydrogen-bond acceptors (Lipinski definition) is 3. The van der Waals surface area contributed by atoms with Crippen LogP contribution in [0, 0.1) is 35.0 Å². The van der Waals surface area contributed by atoms with Gasteiger partial charge >= 0.3 is 0 Å². The fraction of sp³-hybridized carbons (Fsp3) is 0.963. The molecular weight excluding hydrogens is 386 g/mol. The summed E-state index contributed by atoms with van der Waals surface area (Å²) in [4.78, 5) is 15.8. The van der Waals surface area contributed by atoms with Crippen molar-refractivity contribution in [1.82, 2.24) is 4.90 Å². The molecule has 5 rings (SSSR count). The Balaban J connectivity index is 0.00000231. The van der Waals surface area contributed by atoms with Crippen molar-refractivity contribution in [2.75, 3.05) is 19.8 Å². The first kappa shape index (κ1) is 23.5. The SMILES string of the molecule is C.CC12CCC(CO)CC1CCC1C2CCC2(C)C1CCCN2C(=O)C1CCCCO1. The van der Waals surface area contributed by atoms with Gasteiger partial charge in [0.2, 0.25) is 0 Å². The Morgan fingerprint density at radius 1 is 1.00 bits per heavy atom. The smallest absolute Gasteiger partial charge is 0.252 e. The van der Waals surface area contributed by atoms with Gasteiger partial charge in [-0.15, -0.1) is 0 Å². The van der Waals surface area contributed by atoms with E-state index < -0.39 is 0 Å². The van der Waals surface area contributed by atoms with E-state index in [1.165, 1.54) is 51.4 Å². The lowest BCUT2D eigenvalue weighted by Crippen LogP contribution is -2.66. The third kappa shape index (κ3) is 3.78. The van der Waals surface area contributed by atoms with Crippen molar-refractivity contribution in [1.29, 1.82) is 0 Å². The van der Waals surface area contributed by atoms with E-state index in [0.717, 1.165) is 56.6 Å². The molecule has 1 amide bonds. The highest BCUT2D eigenvalue weighted by Gasteiger charge is 2.59. The van der Waals surface area contributed by atoms with Crippen LogP contribution in [0.1, 0.15) is 98.3 Å². The van der Waals surface area contributed by atoms with Crippen molar-refractivity contribution in [2.45, 2.75) is 110 Å². The second kappa shape index (κ2) is 8.97. The fourth-order valence-electron chi connectivity index (χ4n) is 8.87. The summed E-state index contributed by atoms with van der Waals surface area (Å²) in [6.07, 6.45) is 14.3. The highest BCUT2D eigenvalue weighted by atomic mass is 16.5. The Morgan fingerprint density at radius 3 is 2.58 bits per heavy atom. The van der Waals surface area contributed by atoms with Gasteiger partial charge in [0.1, 0.15) is 6.10 Å². The minimum Gasteiger partial charge on any atom is -0.396 e. The number of aliphatic hydroxyl groups excluding tert-OH is 1. The van der Waals surface area contributed by atoms with Crippen LogP contribution in [0.2, 0.25) is 0 Å². The maximum absolute atomic E-state index is 13.5. The minimum atomic E-state index is -0.186. The average Bonchev–Trinajstić information content (AvgIpc) is 2.77. The summed E-state index contributed by atoms with van der Waals surface area (Å²) in [7, 11) is 0. The molecular formula is C27H47NO3. The standard InChI is InChI=1S/C26H43NO3.CH4/c1-25-12-10-18(17-28)16-19(25)8-9-20-21(25)11-13-26(2)22(20)6-5-14-27(26)24(29)23-7-3-4-15-30-23;/h18-23,28H,3-17H2,1-2H3;1H4. The quantitative estimate of drug-likeness (QED) is 0.632. The van der Waals surface area contributed by atoms with Crippen molar-refractivity contribution in [3.05, 3.63) is 0 Å². The molecule has 2 heterocycles. The summed E-state index contributed by atoms with van der Waals surface area (Å²) < 4.78 is 5.92. The molecule has 8 unspecified atom stereocenters. The second-order valence-electron chi connectivity index (χ2n) is 11.9. The van der Waals surface area contributed by atoms with Crippen LogP contribution in [0.5, 0.6) is 0 Å². The number of hydrogen-bond donors (Lipinski definition) is 1. The molecule has 3 saturated carbocycles. The van der Waals surface area contributed by atoms with E-state index in [0.29, 0.717) is 29.8 Å². The zero-order valence-electron chi connectivity index (χ0n) is 19.3. The van der Waals surface area contributed by atoms with Crippen LogP contribution in [0.15, 0.2) is 0 Å². The molecule has 0 aromatic rings. The van der Waals surface area contributed by atoms with Gasteiger partial charge in [-0.25, -0.2) is 0 Å². The molecule has 3 aliphatic carbocycles. The Bertz CT molecular complexity index is 646. The van der Waals surface area contributed by atoms with Crippen LogP contribution in [-0.4, -0.2) is 47.3 Å². The molecule has 31 heavy (non-hydrogen) atoms. The van der Waals surface area contributed by atoms with Crippen LogP contribution in [0.25, 0.3) is 0 Å². The number of ether oxygens (including phenoxy) is 1. The highest BCUT2D eigenvalue weighted by molar-refractivity contribution is 5.82. The normalized spacial score (nSPS) is 47.4. The molecule has 178 valence electrons. The summed E-state index contributed by atoms with van der Waals surface area (Å²) in [5, 5.41) is 9.73. The highest BCUT2D eigenvalue weighted by Crippen LogP contribution is 2.64. The molecule has 5 aliphatic rings. The molecule has 0 bridgehead atoms. The summed E-state index contributed by atoms with van der Waals surface area (Å²) in [5.74, 6) is 3.88. The molecule has 4 nitrogen and oxygen atoms in total. The number of carbonyl (C=O) groups excluding carboxylic acids is 1. The molecule has 0 radical (unpaired) electrons. The van der Waals surface area contributed by atoms with Gasteiger partial charge in [-0.2, -0.15) is 0 Å². The predicted octanol–water partition coefficient (Wildman–Crippen LogP) is 5.42. The van der Waals surface area contributed by atoms with Crippen molar-refractivity contribution < 1.29 is 14.6 Å². The Morgan fingerprint density at radius 2 is 1.84 bits per heavy atom. The topological polar surface area (TPSA) is 49.8 Å². The van der Waals surface area contributed by atoms with Crippen LogP contribution < -0.4 is 0 Å². The largest absolute Gasteiger partial charge is 0.396 e. The van der Waals surface area contributed by atoms with E-state index in [1.807, 2.05) is 0 Å². The molecule has 0 aromatic heterocycles. The van der Waals surface area contributed by atoms with Gasteiger partial charge in [0.25, 0.3) is 5.91 Å². The minimum absolute atomic E-state index is 0. The zero-order valence-corrected chi connectivity index (χ0v) is 19.3. The number of nitrogens with zero attached hydrogens (tertiary/aromatic N) is 1. The van der Waals surface area contributed by atoms with E-state index in [1.54, 1.807) is 0 Å². The molecule has 0 spiro atoms. The maximum atomic E-state index is 13.5. The predicted molar refractivity (Wildman–Crippen MR) is 125 cm³/mol. The fourth-order valence-corrected chi connectivity index (χ4v) is 8.87. The third-order valence-corrected chi connectivity index (χ3v) is 10.6. The van der Waals surface area contributed by atoms with Gasteiger partial charge in [0.15, 0.2) is 0 Å². The lowest BCUT2D eigenvalue weighted by atomic mass is 9.44. The van der Waals surface area contributed by atoms with Crippen molar-refractivity contribution >= 4 is 5.91 Å². The lowest BCUT2D eigenvalue weighted by Gasteiger charge is -2.64. The van der Waals surface area contributed by atoms with Crippen LogP contribution in [0.4, 0.5) is 0 Å². The molecule has 5 fully saturated rings. The van der Waals surface area contributed by atoms with Crippen LogP contribution >= 0.6 is 0 Å². The Hall–Kier alpha value is -0.610. The number of rotatable bonds is 2. The monoisotopic (exact) mass is 433 g/mol. The zero-order chi connectivity index (χ0) is 20.9. The first-order valence-electron chi connectivity index (χ1n) is 13.0. The van der Waals surface area contributed by atoms with Gasteiger partial charge in [-0.1, -0.05) is 14.4 Å². The number of fused-ring (bicyclic) bond motifs is 5. The number of amides is 1. The van der Waals surface area contributed by atoms with Gasteiger partial charge in [-0.3, -0.25) is 4.79 Å². The molecule has 2 aliphatic heterocycles. The van der Waals surface area contributed by atoms with Crippen LogP contribution in [0.3, 0.4) is 0 Å². The van der Waals surface area contributed by atoms with Crippen molar-refractivity contribution in [2.24, 2.45) is 35.0 Å². The van der Waals surface area contributed by atoms with E-state index in [9.17, 15) is 9.90 Å². The van der Waals surface area contributed by atoms with E-state index in [2.05, 4.69) is 18.7 Å². The molecule has 4 heteroatoms. The maximum Gasteiger partial charge on any atom is 0.252 e. The van der Waals surface area contributed by atoms with Crippen molar-refractivity contribution in [3.63, 3.8) is 0 Å². The number of likely N-dealkylation sites (tertiary alicyclic amines) is 1. The van der Waals surface area contributed by atoms with Crippen molar-refractivity contribution in [3.8, 4) is 0 Å². The summed E-state index contributed by atoms with van der Waals surface area (Å²) >= 11 is 0. The first-order chi connectivity index (χ1) is 14.5. The van der Waals surface area contributed by atoms with Gasteiger partial charge in [0.05, 0.1) is 0 Å². The van der Waals surface area contributed by atoms with Gasteiger partial charge in [0, 0.05) is 25.3 Å². The van der Waals surface area contributed by atoms with Gasteiger partial charge in [-0.05, 0) is 119 Å². The number of aliphatic hydroxyl groups is 1. The van der Waals surface area contributed by atoms with Crippen LogP contribution in [-0.2, 0) is 9.53 Å². The number of carbonyl (C=O) groups is 1. The Kier molecular flexibility index (Phi) is 6.81. The van der Waals surface area contributed by atoms with Gasteiger partial charge < -0.3 is 14.7 Å². The van der Waals surface area contributed by atoms with E-state index in [4.69, 9.17) is 4.74 Å². The number of piperidine rings is 1. The summed E-state index contributed by atoms with van der Waals surface area (Å²) in [5.41, 5.74) is 0.484. The first-order valence-corrected chi connectivity index (χ1v) is 13.0. The summed E-state index contributed by atoms with van der Waals surface area (Å²) in [6.45, 7) is 7.07. The summed E-state index contributed by atoms with van der Waals surface area (Å²) in [6, 6.07) is 0. The molecule has 1 N–H and O–H groups in total. The molecule has 8 atom stereocenters. The molecule has 0 aromatic carbocycles. The lowest BCUT2D eigenvalue weighted by molar-refractivity contribution is -0.175. The van der Waals surface area contributed by atoms with E-state index >= 15 is 0 Å². The average molecular weight is 434 g/mol. The Labute approximate surface area is 190 Å². The third-order valence-electron chi connectivity index (χ3n) is 10.6. The molecule has 2 saturated heterocycles. The van der Waals surface area contributed by atoms with E-state index in [-0.39, 0.29) is 19.1 Å².